The first-order chi connectivity index (χ1) is 13.9. The maximum atomic E-state index is 6.74. The van der Waals surface area contributed by atoms with Crippen molar-refractivity contribution in [3.8, 4) is 0 Å². The molecule has 4 fully saturated rings. The fraction of sp³-hybridized carbons (Fsp3) is 0.760. The van der Waals surface area contributed by atoms with E-state index in [4.69, 9.17) is 22.9 Å². The summed E-state index contributed by atoms with van der Waals surface area (Å²) in [5.41, 5.74) is 28.3. The van der Waals surface area contributed by atoms with Gasteiger partial charge in [0.1, 0.15) is 5.79 Å². The standard InChI is InChI=1S/C25H40N4/c26-16-23-12-6-10-20(23)19-15-18(17-7-2-1-3-8-17)21-9-4-5-13-24(21,25(27,28)29)22(19)11-14-23/h1-3,7-8,18-22H,4-6,9-16,26-29H2/t18?,19-,20-,21?,22-,23-,24+/m0/s1. The lowest BCUT2D eigenvalue weighted by molar-refractivity contribution is -0.159. The molecule has 0 heterocycles. The fourth-order valence-corrected chi connectivity index (χ4v) is 9.04. The van der Waals surface area contributed by atoms with E-state index in [2.05, 4.69) is 30.3 Å². The minimum absolute atomic E-state index is 0.155. The quantitative estimate of drug-likeness (QED) is 0.585. The van der Waals surface area contributed by atoms with Crippen LogP contribution >= 0.6 is 0 Å². The Morgan fingerprint density at radius 3 is 2.31 bits per heavy atom. The molecule has 1 aromatic rings. The third kappa shape index (κ3) is 2.79. The lowest BCUT2D eigenvalue weighted by Crippen LogP contribution is -2.77. The summed E-state index contributed by atoms with van der Waals surface area (Å²) in [5.74, 6) is 1.82. The van der Waals surface area contributed by atoms with Crippen LogP contribution < -0.4 is 22.9 Å². The van der Waals surface area contributed by atoms with Gasteiger partial charge >= 0.3 is 0 Å². The highest BCUT2D eigenvalue weighted by Crippen LogP contribution is 2.69. The molecule has 1 aromatic carbocycles. The van der Waals surface area contributed by atoms with Crippen LogP contribution in [0.25, 0.3) is 0 Å². The van der Waals surface area contributed by atoms with Gasteiger partial charge in [-0.2, -0.15) is 0 Å². The SMILES string of the molecule is NC[C@@]12CCC[C@H]1[C@@H]1CC(c3ccccc3)C3CCCC[C@]3(C(N)(N)N)[C@H]1CC2. The maximum absolute atomic E-state index is 6.74. The molecule has 0 saturated heterocycles. The first kappa shape index (κ1) is 20.0. The zero-order valence-electron chi connectivity index (χ0n) is 17.9. The van der Waals surface area contributed by atoms with Gasteiger partial charge in [-0.15, -0.1) is 0 Å². The first-order valence-corrected chi connectivity index (χ1v) is 12.0. The van der Waals surface area contributed by atoms with Gasteiger partial charge in [0.15, 0.2) is 0 Å². The Morgan fingerprint density at radius 1 is 0.828 bits per heavy atom. The van der Waals surface area contributed by atoms with Crippen molar-refractivity contribution in [1.82, 2.24) is 0 Å². The van der Waals surface area contributed by atoms with E-state index in [1.54, 1.807) is 0 Å². The highest BCUT2D eigenvalue weighted by atomic mass is 15.2. The molecule has 0 radical (unpaired) electrons. The lowest BCUT2D eigenvalue weighted by Gasteiger charge is -2.66. The van der Waals surface area contributed by atoms with Crippen molar-refractivity contribution in [2.24, 2.45) is 57.4 Å². The van der Waals surface area contributed by atoms with Gasteiger partial charge in [-0.3, -0.25) is 0 Å². The van der Waals surface area contributed by atoms with Crippen LogP contribution in [0, 0.1) is 34.5 Å². The van der Waals surface area contributed by atoms with E-state index in [9.17, 15) is 0 Å². The third-order valence-corrected chi connectivity index (χ3v) is 10.1. The molecule has 0 aromatic heterocycles. The molecule has 0 amide bonds. The molecular formula is C25H40N4. The van der Waals surface area contributed by atoms with Gasteiger partial charge in [-0.25, -0.2) is 0 Å². The zero-order valence-corrected chi connectivity index (χ0v) is 17.9. The predicted molar refractivity (Wildman–Crippen MR) is 119 cm³/mol. The summed E-state index contributed by atoms with van der Waals surface area (Å²) in [5, 5.41) is 0. The zero-order chi connectivity index (χ0) is 20.3. The van der Waals surface area contributed by atoms with Gasteiger partial charge in [-0.1, -0.05) is 49.6 Å². The summed E-state index contributed by atoms with van der Waals surface area (Å²) >= 11 is 0. The fourth-order valence-electron chi connectivity index (χ4n) is 9.04. The van der Waals surface area contributed by atoms with Crippen molar-refractivity contribution in [2.45, 2.75) is 75.9 Å². The normalized spacial score (nSPS) is 44.6. The van der Waals surface area contributed by atoms with Crippen molar-refractivity contribution >= 4 is 0 Å². The van der Waals surface area contributed by atoms with E-state index in [0.717, 1.165) is 18.9 Å². The van der Waals surface area contributed by atoms with E-state index < -0.39 is 5.79 Å². The summed E-state index contributed by atoms with van der Waals surface area (Å²) < 4.78 is 0. The van der Waals surface area contributed by atoms with Gasteiger partial charge in [-0.05, 0) is 92.1 Å². The molecule has 4 aliphatic rings. The van der Waals surface area contributed by atoms with Crippen LogP contribution in [0.5, 0.6) is 0 Å². The topological polar surface area (TPSA) is 104 Å². The number of hydrogen-bond donors (Lipinski definition) is 4. The average molecular weight is 397 g/mol. The lowest BCUT2D eigenvalue weighted by atomic mass is 9.40. The molecule has 4 aliphatic carbocycles. The molecule has 0 bridgehead atoms. The minimum Gasteiger partial charge on any atom is -0.330 e. The number of benzene rings is 1. The Morgan fingerprint density at radius 2 is 1.59 bits per heavy atom. The average Bonchev–Trinajstić information content (AvgIpc) is 3.18. The van der Waals surface area contributed by atoms with E-state index in [0.29, 0.717) is 29.1 Å². The van der Waals surface area contributed by atoms with E-state index in [-0.39, 0.29) is 5.41 Å². The van der Waals surface area contributed by atoms with Crippen LogP contribution in [0.2, 0.25) is 0 Å². The van der Waals surface area contributed by atoms with Gasteiger partial charge in [0.2, 0.25) is 0 Å². The Kier molecular flexibility index (Phi) is 4.86. The number of fused-ring (bicyclic) bond motifs is 5. The summed E-state index contributed by atoms with van der Waals surface area (Å²) in [6.07, 6.45) is 12.5. The first-order valence-electron chi connectivity index (χ1n) is 12.0. The van der Waals surface area contributed by atoms with E-state index >= 15 is 0 Å². The van der Waals surface area contributed by atoms with Crippen LogP contribution in [0.3, 0.4) is 0 Å². The van der Waals surface area contributed by atoms with Crippen molar-refractivity contribution in [1.29, 1.82) is 0 Å². The Bertz CT molecular complexity index is 728. The molecule has 5 rings (SSSR count). The summed E-state index contributed by atoms with van der Waals surface area (Å²) in [6, 6.07) is 11.1. The van der Waals surface area contributed by atoms with Crippen molar-refractivity contribution in [3.63, 3.8) is 0 Å². The van der Waals surface area contributed by atoms with Crippen LogP contribution in [0.15, 0.2) is 30.3 Å². The van der Waals surface area contributed by atoms with Crippen LogP contribution in [-0.2, 0) is 0 Å². The van der Waals surface area contributed by atoms with Gasteiger partial charge in [0, 0.05) is 5.41 Å². The Labute approximate surface area is 176 Å². The Hall–Kier alpha value is -0.940. The minimum atomic E-state index is -1.12. The second-order valence-electron chi connectivity index (χ2n) is 11.0. The molecule has 0 aliphatic heterocycles. The summed E-state index contributed by atoms with van der Waals surface area (Å²) in [7, 11) is 0. The van der Waals surface area contributed by atoms with Crippen molar-refractivity contribution in [2.75, 3.05) is 6.54 Å². The number of rotatable bonds is 3. The molecule has 4 saturated carbocycles. The van der Waals surface area contributed by atoms with Gasteiger partial charge < -0.3 is 22.9 Å². The molecule has 4 heteroatoms. The van der Waals surface area contributed by atoms with E-state index in [1.807, 2.05) is 0 Å². The molecule has 29 heavy (non-hydrogen) atoms. The molecular weight excluding hydrogens is 356 g/mol. The number of nitrogens with two attached hydrogens (primary N) is 4. The largest absolute Gasteiger partial charge is 0.330 e. The van der Waals surface area contributed by atoms with Crippen molar-refractivity contribution < 1.29 is 0 Å². The Balaban J connectivity index is 1.64. The smallest absolute Gasteiger partial charge is 0.122 e. The molecule has 160 valence electrons. The van der Waals surface area contributed by atoms with Crippen molar-refractivity contribution in [3.05, 3.63) is 35.9 Å². The van der Waals surface area contributed by atoms with Crippen LogP contribution in [-0.4, -0.2) is 12.3 Å². The molecule has 8 N–H and O–H groups in total. The van der Waals surface area contributed by atoms with Gasteiger partial charge in [0.05, 0.1) is 0 Å². The summed E-state index contributed by atoms with van der Waals surface area (Å²) in [6.45, 7) is 0.840. The second kappa shape index (κ2) is 7.05. The predicted octanol–water partition coefficient (Wildman–Crippen LogP) is 3.65. The highest BCUT2D eigenvalue weighted by molar-refractivity contribution is 5.26. The second-order valence-corrected chi connectivity index (χ2v) is 11.0. The third-order valence-electron chi connectivity index (χ3n) is 10.1. The maximum Gasteiger partial charge on any atom is 0.122 e. The number of hydrogen-bond acceptors (Lipinski definition) is 4. The molecule has 0 spiro atoms. The van der Waals surface area contributed by atoms with Crippen LogP contribution in [0.4, 0.5) is 0 Å². The molecule has 4 nitrogen and oxygen atoms in total. The molecule has 7 atom stereocenters. The van der Waals surface area contributed by atoms with Gasteiger partial charge in [0.25, 0.3) is 0 Å². The molecule has 2 unspecified atom stereocenters. The summed E-state index contributed by atoms with van der Waals surface area (Å²) in [4.78, 5) is 0. The monoisotopic (exact) mass is 396 g/mol. The van der Waals surface area contributed by atoms with E-state index in [1.165, 1.54) is 63.4 Å². The van der Waals surface area contributed by atoms with Crippen LogP contribution in [0.1, 0.15) is 75.7 Å². The highest BCUT2D eigenvalue weighted by Gasteiger charge is 2.66.